The molecule has 0 amide bonds. The summed E-state index contributed by atoms with van der Waals surface area (Å²) in [6, 6.07) is 18.7. The number of carbonyl (C=O) groups is 2. The maximum atomic E-state index is 12.5. The Morgan fingerprint density at radius 3 is 1.21 bits per heavy atom. The van der Waals surface area contributed by atoms with Crippen LogP contribution in [0.2, 0.25) is 0 Å². The van der Waals surface area contributed by atoms with Gasteiger partial charge in [-0.15, -0.1) is 26.3 Å². The Morgan fingerprint density at radius 1 is 0.571 bits per heavy atom. The number of halogens is 6. The fraction of sp³-hybridized carbons (Fsp3) is 0.462. The molecular weight excluding hydrogens is 919 g/mol. The summed E-state index contributed by atoms with van der Waals surface area (Å²) in [5.41, 5.74) is 6.92. The zero-order valence-electron chi connectivity index (χ0n) is 41.0. The van der Waals surface area contributed by atoms with Crippen LogP contribution in [0.1, 0.15) is 124 Å². The highest BCUT2D eigenvalue weighted by atomic mass is 19.4. The number of nitrogens with one attached hydrogen (secondary N) is 2. The van der Waals surface area contributed by atoms with Crippen molar-refractivity contribution in [3.63, 3.8) is 0 Å². The van der Waals surface area contributed by atoms with E-state index in [1.165, 1.54) is 62.8 Å². The highest BCUT2D eigenvalue weighted by molar-refractivity contribution is 5.98. The minimum Gasteiger partial charge on any atom is -0.465 e. The van der Waals surface area contributed by atoms with Gasteiger partial charge in [-0.3, -0.25) is 0 Å². The van der Waals surface area contributed by atoms with Crippen molar-refractivity contribution in [1.29, 1.82) is 0 Å². The lowest BCUT2D eigenvalue weighted by molar-refractivity contribution is -0.275. The molecule has 2 fully saturated rings. The Labute approximate surface area is 403 Å². The number of ether oxygens (including phenoxy) is 4. The summed E-state index contributed by atoms with van der Waals surface area (Å²) in [5, 5.41) is 6.56. The maximum Gasteiger partial charge on any atom is 0.573 e. The molecule has 0 spiro atoms. The highest BCUT2D eigenvalue weighted by Crippen LogP contribution is 2.48. The maximum absolute atomic E-state index is 12.5. The lowest BCUT2D eigenvalue weighted by Crippen LogP contribution is -2.29. The molecule has 2 N–H and O–H groups in total. The molecule has 2 aliphatic carbocycles. The number of alkyl halides is 6. The van der Waals surface area contributed by atoms with E-state index >= 15 is 0 Å². The molecule has 4 atom stereocenters. The summed E-state index contributed by atoms with van der Waals surface area (Å²) in [4.78, 5) is 34.2. The fourth-order valence-electron chi connectivity index (χ4n) is 10.9. The number of hydrogen-bond donors (Lipinski definition) is 2. The Morgan fingerprint density at radius 2 is 0.914 bits per heavy atom. The van der Waals surface area contributed by atoms with E-state index in [9.17, 15) is 35.9 Å². The van der Waals surface area contributed by atoms with Gasteiger partial charge in [-0.05, 0) is 159 Å². The second-order valence-corrected chi connectivity index (χ2v) is 20.3. The van der Waals surface area contributed by atoms with Gasteiger partial charge in [0.1, 0.15) is 11.5 Å². The third kappa shape index (κ3) is 11.9. The molecule has 2 aliphatic rings. The summed E-state index contributed by atoms with van der Waals surface area (Å²) in [6.07, 6.45) is -3.39. The van der Waals surface area contributed by atoms with E-state index in [-0.39, 0.29) is 34.4 Å². The molecule has 376 valence electrons. The van der Waals surface area contributed by atoms with Gasteiger partial charge in [0, 0.05) is 23.5 Å². The highest BCUT2D eigenvalue weighted by Gasteiger charge is 2.37. The number of carbonyl (C=O) groups excluding carboxylic acids is 2. The molecule has 0 radical (unpaired) electrons. The van der Waals surface area contributed by atoms with E-state index in [0.717, 1.165) is 49.6 Å². The van der Waals surface area contributed by atoms with E-state index < -0.39 is 24.7 Å². The van der Waals surface area contributed by atoms with Gasteiger partial charge in [0.25, 0.3) is 0 Å². The SMILES string of the molecule is COC(=O)c1ccc2c(nc(Nc3ccc(OC(F)(F)F)cc3)n2[C@@H]2C[C@@H](C)CC(C)(C)C2)c1C.COC(=O)c1ccc2c(nc(Nc3ccc(OC(F)(F)F)cc3)n2[C@H]2C[C@H](C)CC(C)(C)C2)c1C. The molecule has 2 aromatic heterocycles. The number of esters is 2. The number of anilines is 4. The van der Waals surface area contributed by atoms with Gasteiger partial charge in [0.05, 0.1) is 47.4 Å². The third-order valence-corrected chi connectivity index (χ3v) is 13.2. The van der Waals surface area contributed by atoms with Gasteiger partial charge in [0.15, 0.2) is 0 Å². The number of benzene rings is 4. The van der Waals surface area contributed by atoms with Crippen molar-refractivity contribution in [2.24, 2.45) is 22.7 Å². The van der Waals surface area contributed by atoms with E-state index in [1.807, 2.05) is 26.0 Å². The lowest BCUT2D eigenvalue weighted by Gasteiger charge is -2.40. The second kappa shape index (κ2) is 19.7. The van der Waals surface area contributed by atoms with Crippen LogP contribution >= 0.6 is 0 Å². The van der Waals surface area contributed by atoms with Crippen LogP contribution in [0.15, 0.2) is 72.8 Å². The van der Waals surface area contributed by atoms with Crippen molar-refractivity contribution in [3.8, 4) is 11.5 Å². The average Bonchev–Trinajstić information content (AvgIpc) is 3.81. The predicted octanol–water partition coefficient (Wildman–Crippen LogP) is 14.3. The normalized spacial score (nSPS) is 20.0. The van der Waals surface area contributed by atoms with Crippen LogP contribution in [0.5, 0.6) is 11.5 Å². The summed E-state index contributed by atoms with van der Waals surface area (Å²) in [7, 11) is 2.68. The molecule has 0 bridgehead atoms. The minimum absolute atomic E-state index is 0.147. The van der Waals surface area contributed by atoms with Crippen molar-refractivity contribution in [2.45, 2.75) is 119 Å². The first-order chi connectivity index (χ1) is 32.7. The molecule has 0 saturated heterocycles. The van der Waals surface area contributed by atoms with Crippen LogP contribution in [0.4, 0.5) is 49.6 Å². The standard InChI is InChI=1S/2C26H30F3N3O3/c2*1-15-12-18(14-25(3,4)13-15)32-21-11-10-20(23(33)34-5)16(2)22(21)31-24(32)30-17-6-8-19(9-7-17)35-26(27,28)29/h2*6-11,15,18H,12-14H2,1-5H3,(H,30,31)/t2*15-,18-/m10/s1. The molecule has 0 unspecified atom stereocenters. The minimum atomic E-state index is -4.75. The van der Waals surface area contributed by atoms with Crippen molar-refractivity contribution in [2.75, 3.05) is 24.9 Å². The summed E-state index contributed by atoms with van der Waals surface area (Å²) in [5.74, 6) is 0.735. The lowest BCUT2D eigenvalue weighted by atomic mass is 9.70. The molecule has 0 aliphatic heterocycles. The van der Waals surface area contributed by atoms with Crippen LogP contribution in [-0.2, 0) is 9.47 Å². The van der Waals surface area contributed by atoms with E-state index in [2.05, 4.69) is 70.8 Å². The van der Waals surface area contributed by atoms with E-state index in [0.29, 0.717) is 68.4 Å². The van der Waals surface area contributed by atoms with Gasteiger partial charge in [-0.2, -0.15) is 0 Å². The van der Waals surface area contributed by atoms with Crippen LogP contribution < -0.4 is 20.1 Å². The van der Waals surface area contributed by atoms with Crippen LogP contribution in [0.3, 0.4) is 0 Å². The van der Waals surface area contributed by atoms with E-state index in [4.69, 9.17) is 19.4 Å². The van der Waals surface area contributed by atoms with Gasteiger partial charge in [-0.1, -0.05) is 41.5 Å². The number of fused-ring (bicyclic) bond motifs is 2. The Kier molecular flexibility index (Phi) is 14.5. The van der Waals surface area contributed by atoms with Crippen molar-refractivity contribution in [3.05, 3.63) is 95.1 Å². The van der Waals surface area contributed by atoms with Crippen LogP contribution in [0.25, 0.3) is 22.1 Å². The summed E-state index contributed by atoms with van der Waals surface area (Å²) < 4.78 is 97.3. The molecule has 2 heterocycles. The molecule has 12 nitrogen and oxygen atoms in total. The first kappa shape index (κ1) is 51.4. The number of aromatic nitrogens is 4. The number of methoxy groups -OCH3 is 2. The summed E-state index contributed by atoms with van der Waals surface area (Å²) >= 11 is 0. The van der Waals surface area contributed by atoms with Gasteiger partial charge in [-0.25, -0.2) is 19.6 Å². The van der Waals surface area contributed by atoms with Crippen molar-refractivity contribution >= 4 is 57.3 Å². The molecule has 2 saturated carbocycles. The van der Waals surface area contributed by atoms with Crippen LogP contribution in [-0.4, -0.2) is 58.0 Å². The first-order valence-electron chi connectivity index (χ1n) is 23.2. The number of hydrogen-bond acceptors (Lipinski definition) is 10. The third-order valence-electron chi connectivity index (χ3n) is 13.2. The number of rotatable bonds is 10. The van der Waals surface area contributed by atoms with Gasteiger partial charge in [0.2, 0.25) is 11.9 Å². The molecule has 18 heteroatoms. The number of imidazole rings is 2. The van der Waals surface area contributed by atoms with Crippen LogP contribution in [0, 0.1) is 36.5 Å². The van der Waals surface area contributed by atoms with E-state index in [1.54, 1.807) is 12.1 Å². The Bertz CT molecular complexity index is 2660. The zero-order valence-corrected chi connectivity index (χ0v) is 41.0. The molecule has 8 rings (SSSR count). The molecular formula is C52H60F6N6O6. The fourth-order valence-corrected chi connectivity index (χ4v) is 10.9. The Hall–Kier alpha value is -6.46. The number of nitrogens with zero attached hydrogens (tertiary/aromatic N) is 4. The second-order valence-electron chi connectivity index (χ2n) is 20.3. The smallest absolute Gasteiger partial charge is 0.465 e. The largest absolute Gasteiger partial charge is 0.573 e. The Balaban J connectivity index is 0.000000206. The zero-order chi connectivity index (χ0) is 51.1. The monoisotopic (exact) mass is 978 g/mol. The van der Waals surface area contributed by atoms with Crippen molar-refractivity contribution < 1.29 is 54.9 Å². The quantitative estimate of drug-likeness (QED) is 0.101. The molecule has 70 heavy (non-hydrogen) atoms. The first-order valence-corrected chi connectivity index (χ1v) is 23.2. The predicted molar refractivity (Wildman–Crippen MR) is 256 cm³/mol. The average molecular weight is 979 g/mol. The van der Waals surface area contributed by atoms with Gasteiger partial charge >= 0.3 is 24.7 Å². The number of aryl methyl sites for hydroxylation is 2. The topological polar surface area (TPSA) is 131 Å². The van der Waals surface area contributed by atoms with Crippen molar-refractivity contribution in [1.82, 2.24) is 19.1 Å². The molecule has 4 aromatic carbocycles. The van der Waals surface area contributed by atoms with Gasteiger partial charge < -0.3 is 38.7 Å². The molecule has 6 aromatic rings. The summed E-state index contributed by atoms with van der Waals surface area (Å²) in [6.45, 7) is 17.2.